The second-order valence-corrected chi connectivity index (χ2v) is 7.77. The van der Waals surface area contributed by atoms with Crippen molar-refractivity contribution in [3.05, 3.63) is 23.9 Å². The van der Waals surface area contributed by atoms with Crippen LogP contribution in [0.5, 0.6) is 0 Å². The molecule has 0 saturated carbocycles. The normalized spacial score (nSPS) is 12.2. The fourth-order valence-electron chi connectivity index (χ4n) is 1.11. The van der Waals surface area contributed by atoms with Gasteiger partial charge in [0.15, 0.2) is 9.84 Å². The van der Waals surface area contributed by atoms with Crippen molar-refractivity contribution >= 4 is 32.9 Å². The van der Waals surface area contributed by atoms with E-state index in [1.54, 1.807) is 32.2 Å². The number of sulfone groups is 1. The van der Waals surface area contributed by atoms with Crippen LogP contribution in [-0.2, 0) is 9.84 Å². The number of anilines is 1. The lowest BCUT2D eigenvalue weighted by Crippen LogP contribution is -2.38. The van der Waals surface area contributed by atoms with Crippen LogP contribution in [0.25, 0.3) is 0 Å². The quantitative estimate of drug-likeness (QED) is 0.784. The molecule has 18 heavy (non-hydrogen) atoms. The Hall–Kier alpha value is -1.21. The van der Waals surface area contributed by atoms with E-state index in [4.69, 9.17) is 18.0 Å². The molecule has 0 saturated heterocycles. The summed E-state index contributed by atoms with van der Waals surface area (Å²) in [6, 6.07) is 3.40. The van der Waals surface area contributed by atoms with E-state index in [1.165, 1.54) is 6.26 Å². The Morgan fingerprint density at radius 2 is 2.17 bits per heavy atom. The van der Waals surface area contributed by atoms with Gasteiger partial charge < -0.3 is 11.1 Å². The number of thiocarbonyl (C=S) groups is 1. The summed E-state index contributed by atoms with van der Waals surface area (Å²) in [6.07, 6.45) is 2.79. The minimum Gasteiger partial charge on any atom is -0.389 e. The number of aromatic nitrogens is 1. The first-order valence-corrected chi connectivity index (χ1v) is 7.63. The van der Waals surface area contributed by atoms with Crippen LogP contribution in [0.2, 0.25) is 0 Å². The number of nitrogens with one attached hydrogen (secondary N) is 1. The second-order valence-electron chi connectivity index (χ2n) is 4.68. The van der Waals surface area contributed by atoms with Crippen LogP contribution in [0.3, 0.4) is 0 Å². The summed E-state index contributed by atoms with van der Waals surface area (Å²) in [5, 5.41) is 2.98. The average Bonchev–Trinajstić information content (AvgIpc) is 2.25. The Morgan fingerprint density at radius 1 is 1.56 bits per heavy atom. The molecular formula is C11H17N3O2S2. The predicted octanol–water partition coefficient (Wildman–Crippen LogP) is 0.951. The number of pyridine rings is 1. The molecule has 1 aromatic rings. The highest BCUT2D eigenvalue weighted by molar-refractivity contribution is 7.92. The van der Waals surface area contributed by atoms with Gasteiger partial charge in [-0.25, -0.2) is 13.4 Å². The average molecular weight is 287 g/mol. The molecule has 7 heteroatoms. The van der Waals surface area contributed by atoms with Crippen LogP contribution >= 0.6 is 12.2 Å². The van der Waals surface area contributed by atoms with Gasteiger partial charge in [0, 0.05) is 24.6 Å². The van der Waals surface area contributed by atoms with Crippen LogP contribution in [0.4, 0.5) is 5.82 Å². The van der Waals surface area contributed by atoms with Crippen LogP contribution in [0, 0.1) is 0 Å². The monoisotopic (exact) mass is 287 g/mol. The summed E-state index contributed by atoms with van der Waals surface area (Å²) in [7, 11) is -3.14. The summed E-state index contributed by atoms with van der Waals surface area (Å²) in [5.74, 6) is 0.553. The zero-order valence-corrected chi connectivity index (χ0v) is 12.2. The molecule has 5 nitrogen and oxygen atoms in total. The maximum atomic E-state index is 11.5. The number of rotatable bonds is 5. The maximum absolute atomic E-state index is 11.5. The zero-order chi connectivity index (χ0) is 14.0. The van der Waals surface area contributed by atoms with Gasteiger partial charge in [-0.1, -0.05) is 12.2 Å². The smallest absolute Gasteiger partial charge is 0.154 e. The van der Waals surface area contributed by atoms with E-state index in [-0.39, 0.29) is 11.5 Å². The lowest BCUT2D eigenvalue weighted by atomic mass is 10.2. The van der Waals surface area contributed by atoms with Gasteiger partial charge in [0.05, 0.1) is 4.75 Å². The van der Waals surface area contributed by atoms with Crippen molar-refractivity contribution < 1.29 is 8.42 Å². The van der Waals surface area contributed by atoms with E-state index in [0.717, 1.165) is 0 Å². The van der Waals surface area contributed by atoms with Crippen molar-refractivity contribution in [2.45, 2.75) is 18.6 Å². The standard InChI is InChI=1S/C11H17N3O2S2/c1-11(2,18(3,15)16)7-14-9-6-8(10(12)17)4-5-13-9/h4-6H,7H2,1-3H3,(H2,12,17)(H,13,14). The highest BCUT2D eigenvalue weighted by Crippen LogP contribution is 2.16. The topological polar surface area (TPSA) is 85.1 Å². The predicted molar refractivity (Wildman–Crippen MR) is 77.5 cm³/mol. The molecule has 1 aromatic heterocycles. The molecule has 0 aliphatic carbocycles. The van der Waals surface area contributed by atoms with Gasteiger partial charge in [0.1, 0.15) is 10.8 Å². The molecular weight excluding hydrogens is 270 g/mol. The molecule has 0 bridgehead atoms. The zero-order valence-electron chi connectivity index (χ0n) is 10.6. The Kier molecular flexibility index (Phi) is 4.28. The third-order valence-corrected chi connectivity index (χ3v) is 5.13. The van der Waals surface area contributed by atoms with Crippen LogP contribution in [0.15, 0.2) is 18.3 Å². The summed E-state index contributed by atoms with van der Waals surface area (Å²) in [5.41, 5.74) is 6.21. The minimum absolute atomic E-state index is 0.264. The van der Waals surface area contributed by atoms with Crippen LogP contribution < -0.4 is 11.1 Å². The van der Waals surface area contributed by atoms with E-state index < -0.39 is 14.6 Å². The second kappa shape index (κ2) is 5.19. The summed E-state index contributed by atoms with van der Waals surface area (Å²) in [6.45, 7) is 3.58. The van der Waals surface area contributed by atoms with Gasteiger partial charge in [-0.2, -0.15) is 0 Å². The van der Waals surface area contributed by atoms with Crippen molar-refractivity contribution in [2.24, 2.45) is 5.73 Å². The third-order valence-electron chi connectivity index (χ3n) is 2.74. The van der Waals surface area contributed by atoms with Gasteiger partial charge >= 0.3 is 0 Å². The first-order chi connectivity index (χ1) is 8.13. The Labute approximate surface area is 113 Å². The van der Waals surface area contributed by atoms with E-state index in [1.807, 2.05) is 0 Å². The third kappa shape index (κ3) is 3.64. The SMILES string of the molecule is CC(C)(CNc1cc(C(N)=S)ccn1)S(C)(=O)=O. The molecule has 0 aliphatic rings. The Morgan fingerprint density at radius 3 is 2.67 bits per heavy atom. The molecule has 0 fully saturated rings. The van der Waals surface area contributed by atoms with E-state index in [0.29, 0.717) is 11.4 Å². The number of hydrogen-bond donors (Lipinski definition) is 2. The van der Waals surface area contributed by atoms with E-state index >= 15 is 0 Å². The van der Waals surface area contributed by atoms with Crippen LogP contribution in [0.1, 0.15) is 19.4 Å². The molecule has 1 rings (SSSR count). The molecule has 0 aliphatic heterocycles. The molecule has 0 aromatic carbocycles. The Balaban J connectivity index is 2.82. The first-order valence-electron chi connectivity index (χ1n) is 5.33. The Bertz CT molecular complexity index is 553. The molecule has 0 spiro atoms. The van der Waals surface area contributed by atoms with Crippen molar-refractivity contribution in [2.75, 3.05) is 18.1 Å². The van der Waals surface area contributed by atoms with Crippen molar-refractivity contribution in [3.63, 3.8) is 0 Å². The molecule has 0 radical (unpaired) electrons. The number of hydrogen-bond acceptors (Lipinski definition) is 5. The molecule has 1 heterocycles. The van der Waals surface area contributed by atoms with Crippen LogP contribution in [-0.4, -0.2) is 35.9 Å². The highest BCUT2D eigenvalue weighted by atomic mass is 32.2. The lowest BCUT2D eigenvalue weighted by Gasteiger charge is -2.23. The molecule has 0 atom stereocenters. The van der Waals surface area contributed by atoms with Crippen molar-refractivity contribution in [1.29, 1.82) is 0 Å². The minimum atomic E-state index is -3.14. The first kappa shape index (κ1) is 14.8. The fraction of sp³-hybridized carbons (Fsp3) is 0.455. The van der Waals surface area contributed by atoms with Crippen molar-refractivity contribution in [3.8, 4) is 0 Å². The summed E-state index contributed by atoms with van der Waals surface area (Å²) >= 11 is 4.86. The molecule has 100 valence electrons. The fourth-order valence-corrected chi connectivity index (χ4v) is 1.58. The number of nitrogens with two attached hydrogens (primary N) is 1. The van der Waals surface area contributed by atoms with Gasteiger partial charge in [0.2, 0.25) is 0 Å². The van der Waals surface area contributed by atoms with E-state index in [2.05, 4.69) is 10.3 Å². The van der Waals surface area contributed by atoms with Crippen molar-refractivity contribution in [1.82, 2.24) is 4.98 Å². The van der Waals surface area contributed by atoms with Gasteiger partial charge in [-0.05, 0) is 26.0 Å². The molecule has 0 amide bonds. The summed E-state index contributed by atoms with van der Waals surface area (Å²) < 4.78 is 22.2. The van der Waals surface area contributed by atoms with Gasteiger partial charge in [0.25, 0.3) is 0 Å². The van der Waals surface area contributed by atoms with Gasteiger partial charge in [-0.3, -0.25) is 0 Å². The number of nitrogens with zero attached hydrogens (tertiary/aromatic N) is 1. The lowest BCUT2D eigenvalue weighted by molar-refractivity contribution is 0.559. The maximum Gasteiger partial charge on any atom is 0.154 e. The largest absolute Gasteiger partial charge is 0.389 e. The molecule has 0 unspecified atom stereocenters. The highest BCUT2D eigenvalue weighted by Gasteiger charge is 2.29. The summed E-state index contributed by atoms with van der Waals surface area (Å²) in [4.78, 5) is 4.37. The molecule has 3 N–H and O–H groups in total. The van der Waals surface area contributed by atoms with Gasteiger partial charge in [-0.15, -0.1) is 0 Å². The van der Waals surface area contributed by atoms with E-state index in [9.17, 15) is 8.42 Å².